The van der Waals surface area contributed by atoms with E-state index in [0.29, 0.717) is 0 Å². The zero-order valence-electron chi connectivity index (χ0n) is 14.4. The third-order valence-corrected chi connectivity index (χ3v) is 7.15. The molecule has 0 saturated carbocycles. The maximum absolute atomic E-state index is 13.0. The maximum atomic E-state index is 13.0. The maximum Gasteiger partial charge on any atom is 0.241 e. The van der Waals surface area contributed by atoms with Gasteiger partial charge in [0.1, 0.15) is 0 Å². The lowest BCUT2D eigenvalue weighted by Gasteiger charge is -2.30. The molecule has 1 heterocycles. The van der Waals surface area contributed by atoms with Gasteiger partial charge in [-0.15, -0.1) is 0 Å². The van der Waals surface area contributed by atoms with Crippen LogP contribution in [0.5, 0.6) is 0 Å². The first-order valence-electron chi connectivity index (χ1n) is 7.96. The van der Waals surface area contributed by atoms with E-state index in [1.165, 1.54) is 16.1 Å². The van der Waals surface area contributed by atoms with Crippen LogP contribution in [0.4, 0.5) is 0 Å². The topological polar surface area (TPSA) is 57.7 Å². The number of carbonyl (C=O) groups is 1. The highest BCUT2D eigenvalue weighted by atomic mass is 32.2. The molecule has 6 heteroatoms. The number of amides is 1. The summed E-state index contributed by atoms with van der Waals surface area (Å²) < 4.78 is 27.4. The summed E-state index contributed by atoms with van der Waals surface area (Å²) in [5.74, 6) is -0.227. The molecule has 128 valence electrons. The van der Waals surface area contributed by atoms with Gasteiger partial charge in [-0.05, 0) is 32.8 Å². The summed E-state index contributed by atoms with van der Waals surface area (Å²) in [7, 11) is -0.517. The predicted octanol–water partition coefficient (Wildman–Crippen LogP) is 2.06. The zero-order valence-corrected chi connectivity index (χ0v) is 15.2. The van der Waals surface area contributed by atoms with Crippen molar-refractivity contribution in [1.82, 2.24) is 9.21 Å². The number of carbonyl (C=O) groups excluding carboxylic acids is 1. The van der Waals surface area contributed by atoms with Crippen LogP contribution in [0.1, 0.15) is 38.7 Å². The van der Waals surface area contributed by atoms with Crippen molar-refractivity contribution >= 4 is 15.9 Å². The van der Waals surface area contributed by atoms with Crippen LogP contribution < -0.4 is 0 Å². The van der Waals surface area contributed by atoms with E-state index in [1.807, 2.05) is 44.2 Å². The molecule has 1 aromatic carbocycles. The molecule has 1 aromatic rings. The molecule has 1 saturated heterocycles. The van der Waals surface area contributed by atoms with Gasteiger partial charge in [-0.3, -0.25) is 4.79 Å². The van der Waals surface area contributed by atoms with Crippen LogP contribution in [0, 0.1) is 0 Å². The largest absolute Gasteiger partial charge is 0.348 e. The molecular weight excluding hydrogens is 312 g/mol. The number of hydrogen-bond donors (Lipinski definition) is 0. The van der Waals surface area contributed by atoms with Crippen LogP contribution in [0.3, 0.4) is 0 Å². The quantitative estimate of drug-likeness (QED) is 0.844. The smallest absolute Gasteiger partial charge is 0.241 e. The van der Waals surface area contributed by atoms with Crippen LogP contribution in [0.25, 0.3) is 0 Å². The van der Waals surface area contributed by atoms with Gasteiger partial charge in [-0.25, -0.2) is 8.42 Å². The van der Waals surface area contributed by atoms with E-state index in [1.54, 1.807) is 14.1 Å². The Balaban J connectivity index is 2.31. The first-order chi connectivity index (χ1) is 10.7. The number of hydrogen-bond acceptors (Lipinski definition) is 3. The second-order valence-corrected chi connectivity index (χ2v) is 8.75. The molecule has 4 atom stereocenters. The van der Waals surface area contributed by atoms with Gasteiger partial charge in [0.25, 0.3) is 0 Å². The molecule has 0 spiro atoms. The fourth-order valence-electron chi connectivity index (χ4n) is 3.52. The van der Waals surface area contributed by atoms with E-state index in [4.69, 9.17) is 0 Å². The van der Waals surface area contributed by atoms with Crippen molar-refractivity contribution in [3.05, 3.63) is 35.9 Å². The van der Waals surface area contributed by atoms with E-state index >= 15 is 0 Å². The molecule has 2 rings (SSSR count). The molecule has 1 amide bonds. The average Bonchev–Trinajstić information content (AvgIpc) is 2.81. The first-order valence-corrected chi connectivity index (χ1v) is 9.46. The predicted molar refractivity (Wildman–Crippen MR) is 91.6 cm³/mol. The third kappa shape index (κ3) is 3.28. The van der Waals surface area contributed by atoms with E-state index < -0.39 is 15.3 Å². The van der Waals surface area contributed by atoms with Crippen LogP contribution in [-0.4, -0.2) is 55.0 Å². The van der Waals surface area contributed by atoms with Crippen molar-refractivity contribution in [2.75, 3.05) is 14.1 Å². The van der Waals surface area contributed by atoms with Gasteiger partial charge in [0.2, 0.25) is 15.9 Å². The number of benzene rings is 1. The summed E-state index contributed by atoms with van der Waals surface area (Å²) in [6.07, 6.45) is 0.771. The molecule has 0 aliphatic carbocycles. The molecule has 0 radical (unpaired) electrons. The lowest BCUT2D eigenvalue weighted by Crippen LogP contribution is -2.48. The van der Waals surface area contributed by atoms with Crippen molar-refractivity contribution in [3.63, 3.8) is 0 Å². The highest BCUT2D eigenvalue weighted by Gasteiger charge is 2.47. The Morgan fingerprint density at radius 2 is 1.78 bits per heavy atom. The second-order valence-electron chi connectivity index (χ2n) is 6.59. The van der Waals surface area contributed by atoms with Gasteiger partial charge in [0, 0.05) is 32.1 Å². The molecule has 1 fully saturated rings. The van der Waals surface area contributed by atoms with Crippen molar-refractivity contribution < 1.29 is 13.2 Å². The van der Waals surface area contributed by atoms with Gasteiger partial charge in [-0.2, -0.15) is 4.31 Å². The molecule has 0 unspecified atom stereocenters. The van der Waals surface area contributed by atoms with Gasteiger partial charge in [0.15, 0.2) is 5.25 Å². The molecule has 5 nitrogen and oxygen atoms in total. The van der Waals surface area contributed by atoms with E-state index in [2.05, 4.69) is 0 Å². The van der Waals surface area contributed by atoms with Crippen LogP contribution in [0.2, 0.25) is 0 Å². The Labute approximate surface area is 139 Å². The molecular formula is C17H26N2O3S. The number of rotatable bonds is 4. The van der Waals surface area contributed by atoms with Crippen LogP contribution >= 0.6 is 0 Å². The summed E-state index contributed by atoms with van der Waals surface area (Å²) in [6, 6.07) is 9.72. The minimum absolute atomic E-state index is 0.113. The fourth-order valence-corrected chi connectivity index (χ4v) is 5.55. The standard InChI is InChI=1S/C17H26N2O3S/c1-12-11-16(15-9-7-6-8-10-15)13(2)19(12)23(21,22)14(3)17(20)18(4)5/h6-10,12-14,16H,11H2,1-5H3/t12-,13-,14+,16+/m1/s1. The Hall–Kier alpha value is -1.40. The second kappa shape index (κ2) is 6.61. The summed E-state index contributed by atoms with van der Waals surface area (Å²) in [5.41, 5.74) is 1.15. The molecule has 0 N–H and O–H groups in total. The minimum atomic E-state index is -3.68. The normalized spacial score (nSPS) is 26.9. The monoisotopic (exact) mass is 338 g/mol. The molecule has 23 heavy (non-hydrogen) atoms. The van der Waals surface area contributed by atoms with Gasteiger partial charge >= 0.3 is 0 Å². The molecule has 0 aromatic heterocycles. The highest BCUT2D eigenvalue weighted by molar-refractivity contribution is 7.90. The first kappa shape index (κ1) is 17.9. The van der Waals surface area contributed by atoms with E-state index in [0.717, 1.165) is 12.0 Å². The fraction of sp³-hybridized carbons (Fsp3) is 0.588. The Kier molecular flexibility index (Phi) is 5.16. The van der Waals surface area contributed by atoms with Crippen molar-refractivity contribution in [3.8, 4) is 0 Å². The Morgan fingerprint density at radius 3 is 2.30 bits per heavy atom. The number of nitrogens with zero attached hydrogens (tertiary/aromatic N) is 2. The Bertz CT molecular complexity index is 658. The minimum Gasteiger partial charge on any atom is -0.348 e. The summed E-state index contributed by atoms with van der Waals surface area (Å²) in [4.78, 5) is 13.5. The van der Waals surface area contributed by atoms with E-state index in [-0.39, 0.29) is 23.9 Å². The SMILES string of the molecule is C[C@@H]1C[C@H](c2ccccc2)[C@@H](C)N1S(=O)(=O)[C@@H](C)C(=O)N(C)C. The summed E-state index contributed by atoms with van der Waals surface area (Å²) in [6.45, 7) is 5.34. The zero-order chi connectivity index (χ0) is 17.4. The summed E-state index contributed by atoms with van der Waals surface area (Å²) >= 11 is 0. The third-order valence-electron chi connectivity index (χ3n) is 4.77. The molecule has 0 bridgehead atoms. The van der Waals surface area contributed by atoms with E-state index in [9.17, 15) is 13.2 Å². The average molecular weight is 338 g/mol. The highest BCUT2D eigenvalue weighted by Crippen LogP contribution is 2.39. The van der Waals surface area contributed by atoms with Crippen molar-refractivity contribution in [2.24, 2.45) is 0 Å². The lowest BCUT2D eigenvalue weighted by atomic mass is 9.92. The van der Waals surface area contributed by atoms with Crippen molar-refractivity contribution in [2.45, 2.75) is 50.4 Å². The van der Waals surface area contributed by atoms with Gasteiger partial charge in [-0.1, -0.05) is 30.3 Å². The number of sulfonamides is 1. The van der Waals surface area contributed by atoms with Crippen molar-refractivity contribution in [1.29, 1.82) is 0 Å². The van der Waals surface area contributed by atoms with Crippen LogP contribution in [-0.2, 0) is 14.8 Å². The molecule has 1 aliphatic heterocycles. The van der Waals surface area contributed by atoms with Gasteiger partial charge in [0.05, 0.1) is 0 Å². The van der Waals surface area contributed by atoms with Gasteiger partial charge < -0.3 is 4.90 Å². The summed E-state index contributed by atoms with van der Waals surface area (Å²) in [5, 5.41) is -1.06. The lowest BCUT2D eigenvalue weighted by molar-refractivity contribution is -0.128. The molecule has 1 aliphatic rings. The van der Waals surface area contributed by atoms with Crippen LogP contribution in [0.15, 0.2) is 30.3 Å². The Morgan fingerprint density at radius 1 is 1.22 bits per heavy atom.